The van der Waals surface area contributed by atoms with Gasteiger partial charge in [0.2, 0.25) is 0 Å². The Kier molecular flexibility index (Phi) is 5.23. The van der Waals surface area contributed by atoms with Crippen LogP contribution in [0.1, 0.15) is 11.1 Å². The number of hydrogen-bond donors (Lipinski definition) is 0. The molecule has 0 saturated carbocycles. The molecule has 142 valence electrons. The molecule has 4 aromatic rings. The van der Waals surface area contributed by atoms with Gasteiger partial charge in [-0.3, -0.25) is 9.69 Å². The smallest absolute Gasteiger partial charge is 0.271 e. The van der Waals surface area contributed by atoms with Gasteiger partial charge in [0, 0.05) is 0 Å². The van der Waals surface area contributed by atoms with Crippen LogP contribution in [0.5, 0.6) is 5.75 Å². The summed E-state index contributed by atoms with van der Waals surface area (Å²) in [5, 5.41) is 9.51. The van der Waals surface area contributed by atoms with Crippen LogP contribution in [0.3, 0.4) is 0 Å². The van der Waals surface area contributed by atoms with Crippen LogP contribution in [0.25, 0.3) is 10.2 Å². The minimum atomic E-state index is -0.220. The molecule has 0 unspecified atom stereocenters. The van der Waals surface area contributed by atoms with Gasteiger partial charge in [0.05, 0.1) is 27.5 Å². The molecule has 0 N–H and O–H groups in total. The maximum absolute atomic E-state index is 13.2. The summed E-state index contributed by atoms with van der Waals surface area (Å²) in [5.41, 5.74) is 3.14. The first-order valence-electron chi connectivity index (χ1n) is 9.03. The SMILES string of the molecule is Cc1ccccc1N(C(=O)COc1ccc(C#N)cc1)c1nc2ccccc2s1. The highest BCUT2D eigenvalue weighted by atomic mass is 32.1. The van der Waals surface area contributed by atoms with Crippen LogP contribution in [-0.4, -0.2) is 17.5 Å². The Morgan fingerprint density at radius 1 is 1.07 bits per heavy atom. The monoisotopic (exact) mass is 399 g/mol. The molecule has 29 heavy (non-hydrogen) atoms. The molecule has 0 aliphatic heterocycles. The summed E-state index contributed by atoms with van der Waals surface area (Å²) in [4.78, 5) is 19.5. The number of anilines is 2. The maximum atomic E-state index is 13.2. The topological polar surface area (TPSA) is 66.2 Å². The second-order valence-corrected chi connectivity index (χ2v) is 7.41. The Labute approximate surface area is 172 Å². The second-order valence-electron chi connectivity index (χ2n) is 6.40. The lowest BCUT2D eigenvalue weighted by atomic mass is 10.2. The molecular weight excluding hydrogens is 382 g/mol. The summed E-state index contributed by atoms with van der Waals surface area (Å²) in [7, 11) is 0. The van der Waals surface area contributed by atoms with Gasteiger partial charge in [-0.2, -0.15) is 5.26 Å². The van der Waals surface area contributed by atoms with E-state index in [1.165, 1.54) is 11.3 Å². The quantitative estimate of drug-likeness (QED) is 0.461. The average molecular weight is 399 g/mol. The Morgan fingerprint density at radius 2 is 1.79 bits per heavy atom. The van der Waals surface area contributed by atoms with Crippen molar-refractivity contribution in [3.05, 3.63) is 83.9 Å². The number of rotatable bonds is 5. The van der Waals surface area contributed by atoms with E-state index >= 15 is 0 Å². The number of amides is 1. The number of aromatic nitrogens is 1. The van der Waals surface area contributed by atoms with Crippen LogP contribution in [-0.2, 0) is 4.79 Å². The van der Waals surface area contributed by atoms with Crippen LogP contribution < -0.4 is 9.64 Å². The maximum Gasteiger partial charge on any atom is 0.271 e. The van der Waals surface area contributed by atoms with Gasteiger partial charge < -0.3 is 4.74 Å². The predicted octanol–water partition coefficient (Wildman–Crippen LogP) is 5.22. The number of thiazole rings is 1. The van der Waals surface area contributed by atoms with Crippen molar-refractivity contribution >= 4 is 38.3 Å². The second kappa shape index (κ2) is 8.13. The van der Waals surface area contributed by atoms with Gasteiger partial charge in [-0.15, -0.1) is 0 Å². The van der Waals surface area contributed by atoms with Crippen LogP contribution in [0.4, 0.5) is 10.8 Å². The van der Waals surface area contributed by atoms with Crippen molar-refractivity contribution in [3.8, 4) is 11.8 Å². The standard InChI is InChI=1S/C23H17N3O2S/c1-16-6-2-4-8-20(16)26(23-25-19-7-3-5-9-21(19)29-23)22(27)15-28-18-12-10-17(14-24)11-13-18/h2-13H,15H2,1H3. The summed E-state index contributed by atoms with van der Waals surface area (Å²) < 4.78 is 6.70. The number of fused-ring (bicyclic) bond motifs is 1. The Morgan fingerprint density at radius 3 is 2.52 bits per heavy atom. The Balaban J connectivity index is 1.65. The molecule has 0 aliphatic carbocycles. The number of benzene rings is 3. The molecular formula is C23H17N3O2S. The summed E-state index contributed by atoms with van der Waals surface area (Å²) >= 11 is 1.47. The number of carbonyl (C=O) groups excluding carboxylic acids is 1. The van der Waals surface area contributed by atoms with Crippen molar-refractivity contribution in [3.63, 3.8) is 0 Å². The molecule has 5 nitrogen and oxygen atoms in total. The predicted molar refractivity (Wildman–Crippen MR) is 115 cm³/mol. The van der Waals surface area contributed by atoms with Crippen molar-refractivity contribution in [2.75, 3.05) is 11.5 Å². The van der Waals surface area contributed by atoms with Crippen molar-refractivity contribution in [2.45, 2.75) is 6.92 Å². The number of hydrogen-bond acceptors (Lipinski definition) is 5. The van der Waals surface area contributed by atoms with E-state index in [4.69, 9.17) is 10.00 Å². The fraction of sp³-hybridized carbons (Fsp3) is 0.0870. The largest absolute Gasteiger partial charge is 0.484 e. The lowest BCUT2D eigenvalue weighted by Gasteiger charge is -2.22. The molecule has 0 radical (unpaired) electrons. The first kappa shape index (κ1) is 18.7. The summed E-state index contributed by atoms with van der Waals surface area (Å²) in [6, 6.07) is 24.3. The summed E-state index contributed by atoms with van der Waals surface area (Å²) in [6.07, 6.45) is 0. The number of para-hydroxylation sites is 2. The molecule has 0 spiro atoms. The van der Waals surface area contributed by atoms with E-state index in [1.54, 1.807) is 29.2 Å². The average Bonchev–Trinajstić information content (AvgIpc) is 3.18. The van der Waals surface area contributed by atoms with E-state index in [9.17, 15) is 4.79 Å². The zero-order valence-electron chi connectivity index (χ0n) is 15.7. The van der Waals surface area contributed by atoms with Crippen LogP contribution in [0.2, 0.25) is 0 Å². The number of nitriles is 1. The van der Waals surface area contributed by atoms with E-state index in [1.807, 2.05) is 55.5 Å². The van der Waals surface area contributed by atoms with Gasteiger partial charge in [0.1, 0.15) is 5.75 Å². The van der Waals surface area contributed by atoms with Crippen LogP contribution >= 0.6 is 11.3 Å². The molecule has 0 fully saturated rings. The zero-order chi connectivity index (χ0) is 20.2. The first-order chi connectivity index (χ1) is 14.2. The third-order valence-corrected chi connectivity index (χ3v) is 5.45. The number of ether oxygens (including phenoxy) is 1. The van der Waals surface area contributed by atoms with Gasteiger partial charge >= 0.3 is 0 Å². The fourth-order valence-corrected chi connectivity index (χ4v) is 3.95. The molecule has 6 heteroatoms. The Hall–Kier alpha value is -3.69. The lowest BCUT2D eigenvalue weighted by Crippen LogP contribution is -2.31. The van der Waals surface area contributed by atoms with Crippen molar-refractivity contribution in [1.82, 2.24) is 4.98 Å². The van der Waals surface area contributed by atoms with Crippen molar-refractivity contribution in [1.29, 1.82) is 5.26 Å². The minimum absolute atomic E-state index is 0.143. The van der Waals surface area contributed by atoms with Gasteiger partial charge in [-0.05, 0) is 55.0 Å². The first-order valence-corrected chi connectivity index (χ1v) is 9.84. The molecule has 4 rings (SSSR count). The minimum Gasteiger partial charge on any atom is -0.484 e. The van der Waals surface area contributed by atoms with Gasteiger partial charge in [-0.25, -0.2) is 4.98 Å². The fourth-order valence-electron chi connectivity index (χ4n) is 2.95. The zero-order valence-corrected chi connectivity index (χ0v) is 16.5. The third kappa shape index (κ3) is 3.96. The highest BCUT2D eigenvalue weighted by molar-refractivity contribution is 7.22. The lowest BCUT2D eigenvalue weighted by molar-refractivity contribution is -0.119. The summed E-state index contributed by atoms with van der Waals surface area (Å²) in [6.45, 7) is 1.82. The number of aryl methyl sites for hydroxylation is 1. The van der Waals surface area contributed by atoms with E-state index in [-0.39, 0.29) is 12.5 Å². The molecule has 0 atom stereocenters. The van der Waals surface area contributed by atoms with E-state index in [2.05, 4.69) is 11.1 Å². The van der Waals surface area contributed by atoms with Gasteiger partial charge in [0.15, 0.2) is 11.7 Å². The molecule has 0 aliphatic rings. The van der Waals surface area contributed by atoms with Gasteiger partial charge in [-0.1, -0.05) is 41.7 Å². The molecule has 1 aromatic heterocycles. The summed E-state index contributed by atoms with van der Waals surface area (Å²) in [5.74, 6) is 0.314. The number of carbonyl (C=O) groups is 1. The van der Waals surface area contributed by atoms with Crippen molar-refractivity contribution in [2.24, 2.45) is 0 Å². The normalized spacial score (nSPS) is 10.5. The van der Waals surface area contributed by atoms with E-state index < -0.39 is 0 Å². The van der Waals surface area contributed by atoms with Crippen LogP contribution in [0.15, 0.2) is 72.8 Å². The van der Waals surface area contributed by atoms with E-state index in [0.29, 0.717) is 16.4 Å². The molecule has 0 bridgehead atoms. The molecule has 0 saturated heterocycles. The highest BCUT2D eigenvalue weighted by Crippen LogP contribution is 2.35. The Bertz CT molecular complexity index is 1180. The van der Waals surface area contributed by atoms with Crippen molar-refractivity contribution < 1.29 is 9.53 Å². The highest BCUT2D eigenvalue weighted by Gasteiger charge is 2.23. The molecule has 1 heterocycles. The van der Waals surface area contributed by atoms with E-state index in [0.717, 1.165) is 21.5 Å². The third-order valence-electron chi connectivity index (χ3n) is 4.43. The van der Waals surface area contributed by atoms with Crippen LogP contribution in [0, 0.1) is 18.3 Å². The van der Waals surface area contributed by atoms with Gasteiger partial charge in [0.25, 0.3) is 5.91 Å². The molecule has 3 aromatic carbocycles. The molecule has 1 amide bonds. The number of nitrogens with zero attached hydrogens (tertiary/aromatic N) is 3.